The summed E-state index contributed by atoms with van der Waals surface area (Å²) in [5.41, 5.74) is 0.833. The summed E-state index contributed by atoms with van der Waals surface area (Å²) in [4.78, 5) is 25.8. The lowest BCUT2D eigenvalue weighted by Crippen LogP contribution is -2.61. The molecule has 1 fully saturated rings. The quantitative estimate of drug-likeness (QED) is 0.902. The fourth-order valence-corrected chi connectivity index (χ4v) is 2.94. The molecule has 0 saturated carbocycles. The van der Waals surface area contributed by atoms with Gasteiger partial charge in [0.05, 0.1) is 0 Å². The van der Waals surface area contributed by atoms with Gasteiger partial charge in [-0.05, 0) is 31.0 Å². The van der Waals surface area contributed by atoms with E-state index >= 15 is 0 Å². The van der Waals surface area contributed by atoms with Crippen LogP contribution in [0.1, 0.15) is 25.8 Å². The summed E-state index contributed by atoms with van der Waals surface area (Å²) in [6, 6.07) is 4.60. The number of piperazine rings is 1. The van der Waals surface area contributed by atoms with E-state index in [0.717, 1.165) is 10.0 Å². The van der Waals surface area contributed by atoms with Crippen LogP contribution in [0.2, 0.25) is 5.02 Å². The Labute approximate surface area is 131 Å². The fourth-order valence-electron chi connectivity index (χ4n) is 2.21. The maximum Gasteiger partial charge on any atom is 0.246 e. The fraction of sp³-hybridized carbons (Fsp3) is 0.429. The van der Waals surface area contributed by atoms with Gasteiger partial charge < -0.3 is 10.2 Å². The van der Waals surface area contributed by atoms with Crippen LogP contribution in [0, 0.1) is 0 Å². The Morgan fingerprint density at radius 2 is 2.10 bits per heavy atom. The third-order valence-electron chi connectivity index (χ3n) is 3.51. The molecule has 2 rings (SSSR count). The largest absolute Gasteiger partial charge is 0.343 e. The highest BCUT2D eigenvalue weighted by Crippen LogP contribution is 2.24. The van der Waals surface area contributed by atoms with Gasteiger partial charge >= 0.3 is 0 Å². The molecule has 1 aliphatic heterocycles. The molecule has 2 unspecified atom stereocenters. The van der Waals surface area contributed by atoms with Gasteiger partial charge in [0.15, 0.2) is 0 Å². The minimum atomic E-state index is -0.481. The van der Waals surface area contributed by atoms with Gasteiger partial charge in [-0.25, -0.2) is 0 Å². The minimum absolute atomic E-state index is 0.0569. The molecule has 1 heterocycles. The van der Waals surface area contributed by atoms with Crippen LogP contribution < -0.4 is 5.32 Å². The Morgan fingerprint density at radius 3 is 2.70 bits per heavy atom. The van der Waals surface area contributed by atoms with Crippen molar-refractivity contribution in [3.8, 4) is 0 Å². The molecule has 0 aliphatic carbocycles. The maximum absolute atomic E-state index is 12.4. The molecule has 1 aromatic carbocycles. The van der Waals surface area contributed by atoms with Crippen molar-refractivity contribution in [2.75, 3.05) is 0 Å². The van der Waals surface area contributed by atoms with Gasteiger partial charge in [-0.2, -0.15) is 0 Å². The number of rotatable bonds is 3. The number of amides is 2. The maximum atomic E-state index is 12.4. The summed E-state index contributed by atoms with van der Waals surface area (Å²) in [6.45, 7) is 3.95. The highest BCUT2D eigenvalue weighted by Gasteiger charge is 2.37. The molecule has 0 aromatic heterocycles. The van der Waals surface area contributed by atoms with Crippen molar-refractivity contribution in [1.82, 2.24) is 10.2 Å². The number of carbonyl (C=O) groups excluding carboxylic acids is 2. The van der Waals surface area contributed by atoms with Crippen LogP contribution >= 0.6 is 27.5 Å². The molecule has 6 heteroatoms. The summed E-state index contributed by atoms with van der Waals surface area (Å²) in [6.07, 6.45) is 0.585. The number of hydrogen-bond donors (Lipinski definition) is 1. The molecule has 2 atom stereocenters. The predicted octanol–water partition coefficient (Wildman–Crippen LogP) is 2.73. The van der Waals surface area contributed by atoms with Gasteiger partial charge in [0, 0.05) is 16.0 Å². The SMILES string of the molecule is CCC1NC(=O)C(C)N(Cc2ccc(Br)cc2Cl)C1=O. The first-order valence-electron chi connectivity index (χ1n) is 6.48. The van der Waals surface area contributed by atoms with Crippen molar-refractivity contribution in [1.29, 1.82) is 0 Å². The van der Waals surface area contributed by atoms with E-state index < -0.39 is 12.1 Å². The van der Waals surface area contributed by atoms with Gasteiger partial charge in [0.1, 0.15) is 12.1 Å². The van der Waals surface area contributed by atoms with E-state index in [1.54, 1.807) is 17.9 Å². The molecule has 0 spiro atoms. The van der Waals surface area contributed by atoms with Crippen molar-refractivity contribution in [2.45, 2.75) is 38.9 Å². The molecule has 4 nitrogen and oxygen atoms in total. The average Bonchev–Trinajstić information content (AvgIpc) is 2.41. The smallest absolute Gasteiger partial charge is 0.246 e. The van der Waals surface area contributed by atoms with E-state index in [0.29, 0.717) is 18.0 Å². The third kappa shape index (κ3) is 2.99. The number of carbonyl (C=O) groups is 2. The molecule has 108 valence electrons. The Morgan fingerprint density at radius 1 is 1.40 bits per heavy atom. The highest BCUT2D eigenvalue weighted by atomic mass is 79.9. The topological polar surface area (TPSA) is 49.4 Å². The van der Waals surface area contributed by atoms with E-state index in [9.17, 15) is 9.59 Å². The number of nitrogens with one attached hydrogen (secondary N) is 1. The van der Waals surface area contributed by atoms with Crippen molar-refractivity contribution in [2.24, 2.45) is 0 Å². The zero-order valence-corrected chi connectivity index (χ0v) is 13.7. The summed E-state index contributed by atoms with van der Waals surface area (Å²) >= 11 is 9.53. The van der Waals surface area contributed by atoms with Gasteiger partial charge in [-0.15, -0.1) is 0 Å². The lowest BCUT2D eigenvalue weighted by atomic mass is 10.0. The Balaban J connectivity index is 2.25. The second-order valence-electron chi connectivity index (χ2n) is 4.85. The molecular formula is C14H16BrClN2O2. The van der Waals surface area contributed by atoms with E-state index in [-0.39, 0.29) is 11.8 Å². The Bertz CT molecular complexity index is 550. The molecular weight excluding hydrogens is 344 g/mol. The zero-order valence-electron chi connectivity index (χ0n) is 11.3. The third-order valence-corrected chi connectivity index (χ3v) is 4.35. The summed E-state index contributed by atoms with van der Waals surface area (Å²) in [7, 11) is 0. The van der Waals surface area contributed by atoms with E-state index in [2.05, 4.69) is 21.2 Å². The van der Waals surface area contributed by atoms with Crippen molar-refractivity contribution in [3.63, 3.8) is 0 Å². The lowest BCUT2D eigenvalue weighted by Gasteiger charge is -2.37. The first-order chi connectivity index (χ1) is 9.43. The van der Waals surface area contributed by atoms with Gasteiger partial charge in [0.25, 0.3) is 0 Å². The molecule has 2 amide bonds. The van der Waals surface area contributed by atoms with Crippen LogP contribution in [-0.2, 0) is 16.1 Å². The second-order valence-corrected chi connectivity index (χ2v) is 6.17. The normalized spacial score (nSPS) is 22.9. The number of hydrogen-bond acceptors (Lipinski definition) is 2. The van der Waals surface area contributed by atoms with Gasteiger partial charge in [0.2, 0.25) is 11.8 Å². The molecule has 0 radical (unpaired) electrons. The Hall–Kier alpha value is -1.07. The molecule has 1 saturated heterocycles. The highest BCUT2D eigenvalue weighted by molar-refractivity contribution is 9.10. The van der Waals surface area contributed by atoms with E-state index in [1.165, 1.54) is 0 Å². The molecule has 1 aliphatic rings. The van der Waals surface area contributed by atoms with E-state index in [4.69, 9.17) is 11.6 Å². The summed E-state index contributed by atoms with van der Waals surface area (Å²) in [5, 5.41) is 3.32. The standard InChI is InChI=1S/C14H16BrClN2O2/c1-3-12-14(20)18(8(2)13(19)17-12)7-9-4-5-10(15)6-11(9)16/h4-6,8,12H,3,7H2,1-2H3,(H,17,19). The summed E-state index contributed by atoms with van der Waals surface area (Å²) < 4.78 is 0.883. The van der Waals surface area contributed by atoms with Crippen LogP contribution in [0.5, 0.6) is 0 Å². The van der Waals surface area contributed by atoms with E-state index in [1.807, 2.05) is 19.1 Å². The number of benzene rings is 1. The molecule has 1 N–H and O–H groups in total. The van der Waals surface area contributed by atoms with Crippen LogP contribution in [0.4, 0.5) is 0 Å². The summed E-state index contributed by atoms with van der Waals surface area (Å²) in [5.74, 6) is -0.178. The van der Waals surface area contributed by atoms with Crippen LogP contribution in [-0.4, -0.2) is 28.8 Å². The minimum Gasteiger partial charge on any atom is -0.343 e. The lowest BCUT2D eigenvalue weighted by molar-refractivity contribution is -0.149. The monoisotopic (exact) mass is 358 g/mol. The van der Waals surface area contributed by atoms with Gasteiger partial charge in [-0.3, -0.25) is 9.59 Å². The number of nitrogens with zero attached hydrogens (tertiary/aromatic N) is 1. The predicted molar refractivity (Wildman–Crippen MR) is 81.4 cm³/mol. The second kappa shape index (κ2) is 6.14. The molecule has 20 heavy (non-hydrogen) atoms. The molecule has 1 aromatic rings. The Kier molecular flexibility index (Phi) is 4.70. The average molecular weight is 360 g/mol. The van der Waals surface area contributed by atoms with Crippen molar-refractivity contribution >= 4 is 39.3 Å². The van der Waals surface area contributed by atoms with Crippen molar-refractivity contribution < 1.29 is 9.59 Å². The first kappa shape index (κ1) is 15.3. The van der Waals surface area contributed by atoms with Crippen LogP contribution in [0.3, 0.4) is 0 Å². The van der Waals surface area contributed by atoms with Crippen molar-refractivity contribution in [3.05, 3.63) is 33.3 Å². The molecule has 0 bridgehead atoms. The number of halogens is 2. The van der Waals surface area contributed by atoms with Gasteiger partial charge in [-0.1, -0.05) is 40.5 Å². The van der Waals surface area contributed by atoms with Crippen LogP contribution in [0.15, 0.2) is 22.7 Å². The zero-order chi connectivity index (χ0) is 14.9. The van der Waals surface area contributed by atoms with Crippen LogP contribution in [0.25, 0.3) is 0 Å². The first-order valence-corrected chi connectivity index (χ1v) is 7.66.